The lowest BCUT2D eigenvalue weighted by atomic mass is 10.0. The van der Waals surface area contributed by atoms with Crippen molar-refractivity contribution in [3.05, 3.63) is 17.0 Å². The Kier molecular flexibility index (Phi) is 5.03. The molecule has 2 atom stereocenters. The molecular formula is C13H20N2O4S2. The molecule has 0 radical (unpaired) electrons. The van der Waals surface area contributed by atoms with Crippen LogP contribution in [0.3, 0.4) is 0 Å². The molecule has 0 amide bonds. The molecule has 0 bridgehead atoms. The molecule has 0 spiro atoms. The molecule has 1 aromatic heterocycles. The van der Waals surface area contributed by atoms with Gasteiger partial charge in [-0.15, -0.1) is 11.3 Å². The molecule has 1 fully saturated rings. The lowest BCUT2D eigenvalue weighted by molar-refractivity contribution is -0.136. The number of carboxylic acids is 1. The number of thiophene rings is 1. The van der Waals surface area contributed by atoms with Crippen molar-refractivity contribution in [3.8, 4) is 0 Å². The van der Waals surface area contributed by atoms with Gasteiger partial charge in [-0.2, -0.15) is 0 Å². The van der Waals surface area contributed by atoms with E-state index >= 15 is 0 Å². The lowest BCUT2D eigenvalue weighted by Gasteiger charge is -2.35. The van der Waals surface area contributed by atoms with Gasteiger partial charge in [0.25, 0.3) is 0 Å². The van der Waals surface area contributed by atoms with E-state index in [1.807, 2.05) is 7.05 Å². The number of carbonyl (C=O) groups is 1. The van der Waals surface area contributed by atoms with E-state index < -0.39 is 16.0 Å². The first-order valence-electron chi connectivity index (χ1n) is 6.81. The van der Waals surface area contributed by atoms with Gasteiger partial charge in [0.05, 0.1) is 6.42 Å². The van der Waals surface area contributed by atoms with Gasteiger partial charge in [0.2, 0.25) is 10.0 Å². The molecule has 0 aromatic carbocycles. The average molecular weight is 332 g/mol. The molecule has 0 aliphatic carbocycles. The molecule has 1 aromatic rings. The van der Waals surface area contributed by atoms with Crippen LogP contribution in [0.15, 0.2) is 16.3 Å². The Labute approximate surface area is 128 Å². The summed E-state index contributed by atoms with van der Waals surface area (Å²) in [5.74, 6) is -0.960. The Hall–Kier alpha value is -0.960. The van der Waals surface area contributed by atoms with Gasteiger partial charge in [-0.3, -0.25) is 4.79 Å². The smallest absolute Gasteiger partial charge is 0.308 e. The van der Waals surface area contributed by atoms with Crippen molar-refractivity contribution in [1.82, 2.24) is 9.62 Å². The number of sulfonamides is 1. The minimum Gasteiger partial charge on any atom is -0.481 e. The van der Waals surface area contributed by atoms with Crippen LogP contribution in [-0.2, 0) is 21.2 Å². The molecule has 6 nitrogen and oxygen atoms in total. The third-order valence-corrected chi connectivity index (χ3v) is 6.86. The summed E-state index contributed by atoms with van der Waals surface area (Å²) in [5, 5.41) is 8.73. The summed E-state index contributed by atoms with van der Waals surface area (Å²) in [6.45, 7) is 2.94. The summed E-state index contributed by atoms with van der Waals surface area (Å²) >= 11 is 1.02. The van der Waals surface area contributed by atoms with Gasteiger partial charge in [-0.1, -0.05) is 0 Å². The second kappa shape index (κ2) is 6.43. The molecule has 21 heavy (non-hydrogen) atoms. The van der Waals surface area contributed by atoms with Crippen LogP contribution in [0, 0.1) is 0 Å². The lowest BCUT2D eigenvalue weighted by Crippen LogP contribution is -2.47. The van der Waals surface area contributed by atoms with Crippen LogP contribution in [0.4, 0.5) is 0 Å². The maximum Gasteiger partial charge on any atom is 0.308 e. The van der Waals surface area contributed by atoms with Crippen molar-refractivity contribution in [2.75, 3.05) is 13.6 Å². The van der Waals surface area contributed by atoms with Crippen LogP contribution in [0.25, 0.3) is 0 Å². The fourth-order valence-corrected chi connectivity index (χ4v) is 5.07. The molecule has 0 saturated carbocycles. The summed E-state index contributed by atoms with van der Waals surface area (Å²) in [6, 6.07) is 3.32. The zero-order chi connectivity index (χ0) is 15.6. The molecule has 1 aliphatic heterocycles. The minimum absolute atomic E-state index is 0.0637. The van der Waals surface area contributed by atoms with E-state index in [0.717, 1.165) is 30.7 Å². The predicted octanol–water partition coefficient (Wildman–Crippen LogP) is 1.14. The highest BCUT2D eigenvalue weighted by Gasteiger charge is 2.27. The summed E-state index contributed by atoms with van der Waals surface area (Å²) in [4.78, 5) is 13.4. The SMILES string of the molecule is CC1CC(NS(=O)(=O)c2ccc(CC(=O)O)s2)CCN1C. The first kappa shape index (κ1) is 16.4. The Balaban J connectivity index is 2.04. The summed E-state index contributed by atoms with van der Waals surface area (Å²) in [5.41, 5.74) is 0. The number of hydrogen-bond acceptors (Lipinski definition) is 5. The zero-order valence-corrected chi connectivity index (χ0v) is 13.7. The highest BCUT2D eigenvalue weighted by Crippen LogP contribution is 2.24. The van der Waals surface area contributed by atoms with Crippen molar-refractivity contribution < 1.29 is 18.3 Å². The van der Waals surface area contributed by atoms with Gasteiger partial charge >= 0.3 is 5.97 Å². The largest absolute Gasteiger partial charge is 0.481 e. The Morgan fingerprint density at radius 3 is 2.86 bits per heavy atom. The third-order valence-electron chi connectivity index (χ3n) is 3.76. The second-order valence-electron chi connectivity index (χ2n) is 5.46. The molecule has 1 saturated heterocycles. The maximum atomic E-state index is 12.3. The van der Waals surface area contributed by atoms with Gasteiger partial charge in [0.1, 0.15) is 4.21 Å². The van der Waals surface area contributed by atoms with Crippen molar-refractivity contribution >= 4 is 27.3 Å². The Bertz CT molecular complexity index is 611. The molecule has 2 rings (SSSR count). The first-order valence-corrected chi connectivity index (χ1v) is 9.11. The topological polar surface area (TPSA) is 86.7 Å². The molecular weight excluding hydrogens is 312 g/mol. The number of nitrogens with one attached hydrogen (secondary N) is 1. The molecule has 8 heteroatoms. The number of rotatable bonds is 5. The van der Waals surface area contributed by atoms with Crippen molar-refractivity contribution in [3.63, 3.8) is 0 Å². The highest BCUT2D eigenvalue weighted by molar-refractivity contribution is 7.91. The van der Waals surface area contributed by atoms with Gasteiger partial charge in [0.15, 0.2) is 0 Å². The number of carboxylic acid groups (broad SMARTS) is 1. The fraction of sp³-hybridized carbons (Fsp3) is 0.615. The van der Waals surface area contributed by atoms with Gasteiger partial charge in [-0.05, 0) is 45.5 Å². The summed E-state index contributed by atoms with van der Waals surface area (Å²) in [6.07, 6.45) is 1.42. The molecule has 1 aliphatic rings. The van der Waals surface area contributed by atoms with E-state index in [9.17, 15) is 13.2 Å². The first-order chi connectivity index (χ1) is 9.78. The number of hydrogen-bond donors (Lipinski definition) is 2. The van der Waals surface area contributed by atoms with Crippen LogP contribution in [0.1, 0.15) is 24.6 Å². The van der Waals surface area contributed by atoms with Gasteiger partial charge in [-0.25, -0.2) is 13.1 Å². The second-order valence-corrected chi connectivity index (χ2v) is 8.57. The Morgan fingerprint density at radius 2 is 2.24 bits per heavy atom. The third kappa shape index (κ3) is 4.26. The van der Waals surface area contributed by atoms with Gasteiger partial charge < -0.3 is 10.0 Å². The molecule has 118 valence electrons. The molecule has 2 heterocycles. The maximum absolute atomic E-state index is 12.3. The fourth-order valence-electron chi connectivity index (χ4n) is 2.42. The standard InChI is InChI=1S/C13H20N2O4S2/c1-9-7-10(5-6-15(9)2)14-21(18,19)13-4-3-11(20-13)8-12(16)17/h3-4,9-10,14H,5-8H2,1-2H3,(H,16,17). The van der Waals surface area contributed by atoms with Crippen molar-refractivity contribution in [2.24, 2.45) is 0 Å². The summed E-state index contributed by atoms with van der Waals surface area (Å²) < 4.78 is 27.6. The van der Waals surface area contributed by atoms with E-state index in [-0.39, 0.29) is 16.7 Å². The minimum atomic E-state index is -3.56. The number of piperidine rings is 1. The number of aliphatic carboxylic acids is 1. The highest BCUT2D eigenvalue weighted by atomic mass is 32.2. The summed E-state index contributed by atoms with van der Waals surface area (Å²) in [7, 11) is -1.52. The number of likely N-dealkylation sites (tertiary alicyclic amines) is 1. The zero-order valence-electron chi connectivity index (χ0n) is 12.1. The normalized spacial score (nSPS) is 24.1. The van der Waals surface area contributed by atoms with Crippen LogP contribution in [0.2, 0.25) is 0 Å². The van der Waals surface area contributed by atoms with Crippen LogP contribution in [0.5, 0.6) is 0 Å². The van der Waals surface area contributed by atoms with E-state index in [4.69, 9.17) is 5.11 Å². The molecule has 2 N–H and O–H groups in total. The van der Waals surface area contributed by atoms with E-state index in [2.05, 4.69) is 16.5 Å². The van der Waals surface area contributed by atoms with Gasteiger partial charge in [0, 0.05) is 17.0 Å². The van der Waals surface area contributed by atoms with Crippen molar-refractivity contribution in [2.45, 2.75) is 42.5 Å². The average Bonchev–Trinajstić information content (AvgIpc) is 2.82. The van der Waals surface area contributed by atoms with E-state index in [1.54, 1.807) is 6.07 Å². The van der Waals surface area contributed by atoms with Crippen LogP contribution >= 0.6 is 11.3 Å². The van der Waals surface area contributed by atoms with E-state index in [0.29, 0.717) is 10.9 Å². The van der Waals surface area contributed by atoms with Crippen LogP contribution < -0.4 is 4.72 Å². The Morgan fingerprint density at radius 1 is 1.52 bits per heavy atom. The van der Waals surface area contributed by atoms with E-state index in [1.165, 1.54) is 6.07 Å². The quantitative estimate of drug-likeness (QED) is 0.844. The van der Waals surface area contributed by atoms with Crippen molar-refractivity contribution in [1.29, 1.82) is 0 Å². The number of nitrogens with zero attached hydrogens (tertiary/aromatic N) is 1. The van der Waals surface area contributed by atoms with Crippen LogP contribution in [-0.4, -0.2) is 50.1 Å². The molecule has 2 unspecified atom stereocenters. The monoisotopic (exact) mass is 332 g/mol. The predicted molar refractivity (Wildman–Crippen MR) is 81.1 cm³/mol.